The Labute approximate surface area is 161 Å². The molecule has 6 heteroatoms. The van der Waals surface area contributed by atoms with Crippen LogP contribution in [0.1, 0.15) is 41.0 Å². The minimum Gasteiger partial charge on any atom is -0.344 e. The van der Waals surface area contributed by atoms with Crippen LogP contribution < -0.4 is 10.6 Å². The molecule has 0 aliphatic carbocycles. The van der Waals surface area contributed by atoms with Crippen molar-refractivity contribution < 1.29 is 9.59 Å². The summed E-state index contributed by atoms with van der Waals surface area (Å²) in [5, 5.41) is 7.85. The van der Waals surface area contributed by atoms with E-state index in [-0.39, 0.29) is 23.6 Å². The number of nitrogens with zero attached hydrogens (tertiary/aromatic N) is 1. The van der Waals surface area contributed by atoms with Gasteiger partial charge in [-0.15, -0.1) is 0 Å². The minimum absolute atomic E-state index is 0.0378. The molecule has 0 spiro atoms. The number of benzene rings is 2. The number of halogens is 1. The highest BCUT2D eigenvalue weighted by atomic mass is 35.5. The van der Waals surface area contributed by atoms with Crippen molar-refractivity contribution in [2.75, 3.05) is 5.32 Å². The first-order chi connectivity index (χ1) is 13.0. The Kier molecular flexibility index (Phi) is 4.54. The number of pyridine rings is 1. The summed E-state index contributed by atoms with van der Waals surface area (Å²) in [4.78, 5) is 28.4. The standard InChI is InChI=1S/C21H18ClN3O2/c1-12(13-6-8-17-15(10-13)7-9-19(26)24-17)23-21(27)18-11-14-4-2-3-5-16(14)20(22)25-18/h2-6,8,10-12H,7,9H2,1H3,(H,23,27)(H,24,26)/t12-/m0/s1. The van der Waals surface area contributed by atoms with Crippen LogP contribution in [0.5, 0.6) is 0 Å². The molecular formula is C21H18ClN3O2. The number of carbonyl (C=O) groups is 2. The Morgan fingerprint density at radius 3 is 2.85 bits per heavy atom. The molecule has 0 saturated carbocycles. The molecule has 1 atom stereocenters. The zero-order valence-electron chi connectivity index (χ0n) is 14.8. The van der Waals surface area contributed by atoms with E-state index in [1.54, 1.807) is 6.07 Å². The van der Waals surface area contributed by atoms with E-state index in [0.717, 1.165) is 27.6 Å². The normalized spacial score (nSPS) is 14.4. The third-order valence-corrected chi connectivity index (χ3v) is 5.09. The van der Waals surface area contributed by atoms with Crippen molar-refractivity contribution in [2.45, 2.75) is 25.8 Å². The van der Waals surface area contributed by atoms with E-state index in [2.05, 4.69) is 15.6 Å². The van der Waals surface area contributed by atoms with Gasteiger partial charge < -0.3 is 10.6 Å². The first-order valence-electron chi connectivity index (χ1n) is 8.80. The van der Waals surface area contributed by atoms with Crippen LogP contribution in [0.4, 0.5) is 5.69 Å². The number of nitrogens with one attached hydrogen (secondary N) is 2. The molecule has 0 bridgehead atoms. The van der Waals surface area contributed by atoms with E-state index in [4.69, 9.17) is 11.6 Å². The van der Waals surface area contributed by atoms with Gasteiger partial charge in [-0.25, -0.2) is 4.98 Å². The third kappa shape index (κ3) is 3.51. The summed E-state index contributed by atoms with van der Waals surface area (Å²) in [6.07, 6.45) is 1.19. The number of hydrogen-bond donors (Lipinski definition) is 2. The van der Waals surface area contributed by atoms with Crippen molar-refractivity contribution in [3.63, 3.8) is 0 Å². The lowest BCUT2D eigenvalue weighted by Crippen LogP contribution is -2.28. The summed E-state index contributed by atoms with van der Waals surface area (Å²) in [6.45, 7) is 1.92. The molecule has 5 nitrogen and oxygen atoms in total. The second-order valence-corrected chi connectivity index (χ2v) is 7.04. The van der Waals surface area contributed by atoms with Gasteiger partial charge in [-0.2, -0.15) is 0 Å². The Balaban J connectivity index is 1.55. The Hall–Kier alpha value is -2.92. The molecule has 3 aromatic rings. The largest absolute Gasteiger partial charge is 0.344 e. The van der Waals surface area contributed by atoms with Crippen LogP contribution in [0.15, 0.2) is 48.5 Å². The van der Waals surface area contributed by atoms with E-state index < -0.39 is 0 Å². The number of amides is 2. The predicted molar refractivity (Wildman–Crippen MR) is 106 cm³/mol. The Bertz CT molecular complexity index is 1060. The molecule has 1 aromatic heterocycles. The van der Waals surface area contributed by atoms with Crippen molar-refractivity contribution in [3.8, 4) is 0 Å². The van der Waals surface area contributed by atoms with Gasteiger partial charge in [0.2, 0.25) is 5.91 Å². The number of aromatic nitrogens is 1. The van der Waals surface area contributed by atoms with Gasteiger partial charge in [0, 0.05) is 17.5 Å². The fourth-order valence-electron chi connectivity index (χ4n) is 3.30. The Morgan fingerprint density at radius 1 is 1.19 bits per heavy atom. The molecule has 0 radical (unpaired) electrons. The van der Waals surface area contributed by atoms with Gasteiger partial charge in [-0.3, -0.25) is 9.59 Å². The highest BCUT2D eigenvalue weighted by Crippen LogP contribution is 2.27. The van der Waals surface area contributed by atoms with Crippen molar-refractivity contribution in [1.82, 2.24) is 10.3 Å². The fraction of sp³-hybridized carbons (Fsp3) is 0.190. The van der Waals surface area contributed by atoms with Crippen LogP contribution in [0.2, 0.25) is 5.15 Å². The molecule has 136 valence electrons. The molecule has 2 amide bonds. The zero-order chi connectivity index (χ0) is 19.0. The van der Waals surface area contributed by atoms with Crippen molar-refractivity contribution in [3.05, 3.63) is 70.5 Å². The quantitative estimate of drug-likeness (QED) is 0.668. The fourth-order valence-corrected chi connectivity index (χ4v) is 3.56. The van der Waals surface area contributed by atoms with E-state index in [1.165, 1.54) is 0 Å². The number of aryl methyl sites for hydroxylation is 1. The molecule has 0 unspecified atom stereocenters. The first kappa shape index (κ1) is 17.5. The summed E-state index contributed by atoms with van der Waals surface area (Å²) in [6, 6.07) is 14.9. The predicted octanol–water partition coefficient (Wildman–Crippen LogP) is 4.26. The van der Waals surface area contributed by atoms with Gasteiger partial charge >= 0.3 is 0 Å². The molecule has 27 heavy (non-hydrogen) atoms. The van der Waals surface area contributed by atoms with Gasteiger partial charge in [0.25, 0.3) is 5.91 Å². The van der Waals surface area contributed by atoms with Crippen molar-refractivity contribution in [2.24, 2.45) is 0 Å². The number of fused-ring (bicyclic) bond motifs is 2. The van der Waals surface area contributed by atoms with Crippen LogP contribution in [0.3, 0.4) is 0 Å². The number of anilines is 1. The number of carbonyl (C=O) groups excluding carboxylic acids is 2. The van der Waals surface area contributed by atoms with Crippen LogP contribution in [-0.2, 0) is 11.2 Å². The summed E-state index contributed by atoms with van der Waals surface area (Å²) in [5.41, 5.74) is 3.19. The summed E-state index contributed by atoms with van der Waals surface area (Å²) < 4.78 is 0. The van der Waals surface area contributed by atoms with Crippen LogP contribution in [0.25, 0.3) is 10.8 Å². The van der Waals surface area contributed by atoms with E-state index >= 15 is 0 Å². The summed E-state index contributed by atoms with van der Waals surface area (Å²) in [5.74, 6) is -0.239. The molecule has 4 rings (SSSR count). The molecule has 0 fully saturated rings. The third-order valence-electron chi connectivity index (χ3n) is 4.80. The summed E-state index contributed by atoms with van der Waals surface area (Å²) in [7, 11) is 0. The number of rotatable bonds is 3. The average Bonchev–Trinajstić information content (AvgIpc) is 2.67. The van der Waals surface area contributed by atoms with Crippen LogP contribution in [0, 0.1) is 0 Å². The smallest absolute Gasteiger partial charge is 0.270 e. The summed E-state index contributed by atoms with van der Waals surface area (Å²) >= 11 is 6.23. The molecule has 1 aliphatic heterocycles. The highest BCUT2D eigenvalue weighted by Gasteiger charge is 2.18. The van der Waals surface area contributed by atoms with Crippen LogP contribution in [-0.4, -0.2) is 16.8 Å². The topological polar surface area (TPSA) is 71.1 Å². The van der Waals surface area contributed by atoms with Gasteiger partial charge in [-0.1, -0.05) is 48.0 Å². The zero-order valence-corrected chi connectivity index (χ0v) is 15.5. The Morgan fingerprint density at radius 2 is 2.00 bits per heavy atom. The van der Waals surface area contributed by atoms with Gasteiger partial charge in [-0.05, 0) is 42.0 Å². The SMILES string of the molecule is C[C@H](NC(=O)c1cc2ccccc2c(Cl)n1)c1ccc2c(c1)CCC(=O)N2. The highest BCUT2D eigenvalue weighted by molar-refractivity contribution is 6.34. The lowest BCUT2D eigenvalue weighted by molar-refractivity contribution is -0.116. The second-order valence-electron chi connectivity index (χ2n) is 6.68. The monoisotopic (exact) mass is 379 g/mol. The van der Waals surface area contributed by atoms with E-state index in [9.17, 15) is 9.59 Å². The van der Waals surface area contributed by atoms with Gasteiger partial charge in [0.1, 0.15) is 10.8 Å². The average molecular weight is 380 g/mol. The molecule has 2 aromatic carbocycles. The van der Waals surface area contributed by atoms with Crippen LogP contribution >= 0.6 is 11.6 Å². The molecule has 2 heterocycles. The lowest BCUT2D eigenvalue weighted by Gasteiger charge is -2.20. The maximum Gasteiger partial charge on any atom is 0.270 e. The maximum atomic E-state index is 12.7. The van der Waals surface area contributed by atoms with E-state index in [0.29, 0.717) is 18.0 Å². The number of hydrogen-bond acceptors (Lipinski definition) is 3. The minimum atomic E-state index is -0.277. The van der Waals surface area contributed by atoms with E-state index in [1.807, 2.05) is 49.4 Å². The van der Waals surface area contributed by atoms with Crippen molar-refractivity contribution in [1.29, 1.82) is 0 Å². The van der Waals surface area contributed by atoms with Gasteiger partial charge in [0.05, 0.1) is 6.04 Å². The molecular weight excluding hydrogens is 362 g/mol. The molecule has 1 aliphatic rings. The maximum absolute atomic E-state index is 12.7. The van der Waals surface area contributed by atoms with Gasteiger partial charge in [0.15, 0.2) is 0 Å². The molecule has 0 saturated heterocycles. The van der Waals surface area contributed by atoms with Crippen molar-refractivity contribution >= 4 is 39.9 Å². The lowest BCUT2D eigenvalue weighted by atomic mass is 9.97. The first-order valence-corrected chi connectivity index (χ1v) is 9.18. The second kappa shape index (κ2) is 7.00. The molecule has 2 N–H and O–H groups in total.